The van der Waals surface area contributed by atoms with Crippen molar-refractivity contribution < 1.29 is 0 Å². The first-order valence-corrected chi connectivity index (χ1v) is 35.2. The standard InChI is InChI=1S/C17H23N.C16H23N.C15H21N.C14H19N.2C13H14N2/c1-17(2,3)13-8-9-14-15(11-18-16(14)10-13)12-6-4-5-7-12;1-15(2,3)11-7-8-12-13(16(4,5)6)10-17-14(12)9-11;1-10(2)13-9-16-14-8-11(15(3,4)5)6-7-12(13)14;1-5-10-9-15-13-8-11(14(2,3)4)6-7-12(10)13;2*1-13(2,3)10-4-5-11-9(7-14)8-15-12(11)6-10/h8-12,18H,4-7H2,1-3H3;7-10,17H,1-6H3;6-10,16H,1-5H3;6-9,15H,5H2,1-4H3;2*4-6,8,15H,1-3H3. The van der Waals surface area contributed by atoms with Crippen molar-refractivity contribution in [3.05, 3.63) is 213 Å². The molecule has 13 rings (SSSR count). The number of hydrogen-bond acceptors (Lipinski definition) is 2. The summed E-state index contributed by atoms with van der Waals surface area (Å²) in [4.78, 5) is 19.9. The monoisotopic (exact) mass is 1280 g/mol. The van der Waals surface area contributed by atoms with E-state index in [4.69, 9.17) is 10.5 Å². The van der Waals surface area contributed by atoms with Gasteiger partial charge in [0.05, 0.1) is 11.1 Å². The zero-order valence-electron chi connectivity index (χ0n) is 62.9. The summed E-state index contributed by atoms with van der Waals surface area (Å²) in [5.74, 6) is 1.37. The molecule has 8 heteroatoms. The summed E-state index contributed by atoms with van der Waals surface area (Å²) in [6.07, 6.45) is 18.8. The first-order chi connectivity index (χ1) is 44.7. The van der Waals surface area contributed by atoms with Crippen molar-refractivity contribution in [2.24, 2.45) is 0 Å². The molecule has 0 saturated heterocycles. The van der Waals surface area contributed by atoms with Crippen LogP contribution in [-0.4, -0.2) is 29.9 Å². The van der Waals surface area contributed by atoms with Gasteiger partial charge in [-0.05, 0) is 161 Å². The number of nitrogens with zero attached hydrogens (tertiary/aromatic N) is 2. The zero-order chi connectivity index (χ0) is 70.7. The normalized spacial score (nSPS) is 13.3. The van der Waals surface area contributed by atoms with Crippen molar-refractivity contribution in [2.75, 3.05) is 0 Å². The van der Waals surface area contributed by atoms with Gasteiger partial charge in [0.25, 0.3) is 0 Å². The maximum atomic E-state index is 8.88. The molecule has 0 unspecified atom stereocenters. The Bertz CT molecular complexity index is 4570. The lowest BCUT2D eigenvalue weighted by Gasteiger charge is -2.20. The summed E-state index contributed by atoms with van der Waals surface area (Å²) >= 11 is 0. The fourth-order valence-corrected chi connectivity index (χ4v) is 12.8. The number of aromatic nitrogens is 6. The number of rotatable bonds is 3. The van der Waals surface area contributed by atoms with E-state index in [0.29, 0.717) is 17.0 Å². The molecule has 6 heterocycles. The van der Waals surface area contributed by atoms with Crippen LogP contribution >= 0.6 is 0 Å². The highest BCUT2D eigenvalue weighted by Crippen LogP contribution is 2.40. The van der Waals surface area contributed by atoms with Crippen LogP contribution in [0.3, 0.4) is 0 Å². The summed E-state index contributed by atoms with van der Waals surface area (Å²) in [5, 5.41) is 25.3. The van der Waals surface area contributed by atoms with Gasteiger partial charge >= 0.3 is 0 Å². The third kappa shape index (κ3) is 17.6. The van der Waals surface area contributed by atoms with Gasteiger partial charge in [-0.15, -0.1) is 0 Å². The molecule has 1 aliphatic rings. The highest BCUT2D eigenvalue weighted by molar-refractivity contribution is 5.89. The Morgan fingerprint density at radius 1 is 0.354 bits per heavy atom. The molecule has 12 aromatic rings. The van der Waals surface area contributed by atoms with Crippen LogP contribution in [0.4, 0.5) is 0 Å². The lowest BCUT2D eigenvalue weighted by Crippen LogP contribution is -2.11. The third-order valence-corrected chi connectivity index (χ3v) is 19.3. The Balaban J connectivity index is 0.000000148. The molecule has 6 N–H and O–H groups in total. The van der Waals surface area contributed by atoms with Crippen molar-refractivity contribution in [3.63, 3.8) is 0 Å². The van der Waals surface area contributed by atoms with Crippen LogP contribution < -0.4 is 0 Å². The van der Waals surface area contributed by atoms with Crippen molar-refractivity contribution in [2.45, 2.75) is 248 Å². The molecule has 96 heavy (non-hydrogen) atoms. The first-order valence-electron chi connectivity index (χ1n) is 35.2. The number of benzene rings is 6. The number of aromatic amines is 6. The molecule has 506 valence electrons. The van der Waals surface area contributed by atoms with Crippen LogP contribution in [0, 0.1) is 22.7 Å². The van der Waals surface area contributed by atoms with E-state index in [1.165, 1.54) is 119 Å². The average Bonchev–Trinajstić information content (AvgIpc) is 1.65. The van der Waals surface area contributed by atoms with Gasteiger partial charge in [-0.1, -0.05) is 252 Å². The van der Waals surface area contributed by atoms with E-state index in [9.17, 15) is 0 Å². The molecule has 6 aromatic carbocycles. The average molecular weight is 1280 g/mol. The van der Waals surface area contributed by atoms with Gasteiger partial charge in [-0.3, -0.25) is 0 Å². The number of nitriles is 2. The van der Waals surface area contributed by atoms with E-state index in [2.05, 4.69) is 330 Å². The first kappa shape index (κ1) is 73.4. The van der Waals surface area contributed by atoms with Gasteiger partial charge in [0, 0.05) is 103 Å². The molecule has 0 bridgehead atoms. The lowest BCUT2D eigenvalue weighted by atomic mass is 9.84. The SMILES string of the molecule is CC(C)(C)c1ccc2c(C#N)c[nH]c2c1.CC(C)(C)c1ccc2c(C#N)c[nH]c2c1.CC(C)(C)c1ccc2c(C(C)(C)C)c[nH]c2c1.CC(C)(C)c1ccc2c(C3CCCC3)c[nH]c2c1.CC(C)c1c[nH]c2cc(C(C)(C)C)ccc12.CCc1c[nH]c2cc(C(C)(C)C)ccc12. The maximum absolute atomic E-state index is 8.88. The maximum Gasteiger partial charge on any atom is 0.101 e. The predicted octanol–water partition coefficient (Wildman–Crippen LogP) is 25.2. The molecule has 0 aliphatic heterocycles. The van der Waals surface area contributed by atoms with Crippen LogP contribution in [-0.2, 0) is 44.3 Å². The zero-order valence-corrected chi connectivity index (χ0v) is 62.9. The molecular weight excluding hydrogens is 1170 g/mol. The number of nitrogens with one attached hydrogen (secondary N) is 6. The summed E-state index contributed by atoms with van der Waals surface area (Å²) in [6, 6.07) is 44.1. The highest BCUT2D eigenvalue weighted by Gasteiger charge is 2.24. The molecule has 6 aromatic heterocycles. The van der Waals surface area contributed by atoms with Gasteiger partial charge in [0.1, 0.15) is 12.1 Å². The van der Waals surface area contributed by atoms with E-state index in [-0.39, 0.29) is 37.9 Å². The van der Waals surface area contributed by atoms with Gasteiger partial charge in [-0.2, -0.15) is 10.5 Å². The molecular formula is C88H114N8. The van der Waals surface area contributed by atoms with Crippen LogP contribution in [0.25, 0.3) is 65.4 Å². The Kier molecular flexibility index (Phi) is 21.9. The summed E-state index contributed by atoms with van der Waals surface area (Å²) in [6.45, 7) is 53.6. The van der Waals surface area contributed by atoms with E-state index in [1.54, 1.807) is 18.0 Å². The molecule has 1 aliphatic carbocycles. The van der Waals surface area contributed by atoms with Crippen LogP contribution in [0.2, 0.25) is 0 Å². The largest absolute Gasteiger partial charge is 0.361 e. The molecule has 8 nitrogen and oxygen atoms in total. The van der Waals surface area contributed by atoms with Crippen LogP contribution in [0.15, 0.2) is 146 Å². The van der Waals surface area contributed by atoms with E-state index in [1.807, 2.05) is 12.1 Å². The fourth-order valence-electron chi connectivity index (χ4n) is 12.8. The summed E-state index contributed by atoms with van der Waals surface area (Å²) in [7, 11) is 0. The van der Waals surface area contributed by atoms with Crippen molar-refractivity contribution in [1.29, 1.82) is 10.5 Å². The lowest BCUT2D eigenvalue weighted by molar-refractivity contribution is 0.590. The van der Waals surface area contributed by atoms with Crippen molar-refractivity contribution >= 4 is 65.4 Å². The number of hydrogen-bond donors (Lipinski definition) is 6. The second-order valence-electron chi connectivity index (χ2n) is 34.4. The second kappa shape index (κ2) is 28.7. The Hall–Kier alpha value is -8.46. The fraction of sp³-hybridized carbons (Fsp3) is 0.432. The van der Waals surface area contributed by atoms with E-state index in [0.717, 1.165) is 34.1 Å². The molecule has 0 radical (unpaired) electrons. The number of H-pyrrole nitrogens is 6. The van der Waals surface area contributed by atoms with Gasteiger partial charge in [0.2, 0.25) is 0 Å². The topological polar surface area (TPSA) is 142 Å². The molecule has 0 spiro atoms. The highest BCUT2D eigenvalue weighted by atomic mass is 14.7. The smallest absolute Gasteiger partial charge is 0.101 e. The Morgan fingerprint density at radius 2 is 0.656 bits per heavy atom. The van der Waals surface area contributed by atoms with Crippen LogP contribution in [0.1, 0.15) is 270 Å². The summed E-state index contributed by atoms with van der Waals surface area (Å²) in [5.41, 5.74) is 23.9. The van der Waals surface area contributed by atoms with Gasteiger partial charge < -0.3 is 29.9 Å². The minimum Gasteiger partial charge on any atom is -0.361 e. The molecule has 0 amide bonds. The van der Waals surface area contributed by atoms with Crippen molar-refractivity contribution in [3.8, 4) is 12.1 Å². The minimum atomic E-state index is 0.145. The van der Waals surface area contributed by atoms with Gasteiger partial charge in [-0.25, -0.2) is 0 Å². The molecule has 1 fully saturated rings. The second-order valence-corrected chi connectivity index (χ2v) is 34.4. The summed E-state index contributed by atoms with van der Waals surface area (Å²) < 4.78 is 0. The predicted molar refractivity (Wildman–Crippen MR) is 415 cm³/mol. The minimum absolute atomic E-state index is 0.145. The molecule has 0 atom stereocenters. The van der Waals surface area contributed by atoms with E-state index >= 15 is 0 Å². The number of aryl methyl sites for hydroxylation is 1. The molecule has 1 saturated carbocycles. The van der Waals surface area contributed by atoms with Gasteiger partial charge in [0.15, 0.2) is 0 Å². The van der Waals surface area contributed by atoms with Crippen molar-refractivity contribution in [1.82, 2.24) is 29.9 Å². The number of fused-ring (bicyclic) bond motifs is 6. The third-order valence-electron chi connectivity index (χ3n) is 19.3. The Morgan fingerprint density at radius 3 is 1.03 bits per heavy atom. The Labute approximate surface area is 575 Å². The van der Waals surface area contributed by atoms with E-state index < -0.39 is 0 Å². The van der Waals surface area contributed by atoms with Crippen LogP contribution in [0.5, 0.6) is 0 Å². The quantitative estimate of drug-likeness (QED) is 0.105.